The third-order valence-corrected chi connectivity index (χ3v) is 3.00. The summed E-state index contributed by atoms with van der Waals surface area (Å²) >= 11 is 3.34. The van der Waals surface area contributed by atoms with E-state index in [-0.39, 0.29) is 0 Å². The van der Waals surface area contributed by atoms with E-state index >= 15 is 0 Å². The summed E-state index contributed by atoms with van der Waals surface area (Å²) in [5, 5.41) is 6.83. The molecule has 0 spiro atoms. The minimum Gasteiger partial charge on any atom is -0.479 e. The molecule has 1 amide bonds. The van der Waals surface area contributed by atoms with Crippen molar-refractivity contribution >= 4 is 27.7 Å². The number of anilines is 1. The van der Waals surface area contributed by atoms with Crippen LogP contribution in [-0.2, 0) is 4.74 Å². The molecule has 0 aliphatic rings. The summed E-state index contributed by atoms with van der Waals surface area (Å²) in [6.07, 6.45) is 2.74. The second-order valence-corrected chi connectivity index (χ2v) is 6.32. The molecule has 0 atom stereocenters. The van der Waals surface area contributed by atoms with Crippen molar-refractivity contribution in [1.29, 1.82) is 0 Å². The first-order valence-corrected chi connectivity index (χ1v) is 7.33. The summed E-state index contributed by atoms with van der Waals surface area (Å²) in [6, 6.07) is 3.44. The van der Waals surface area contributed by atoms with Gasteiger partial charge in [0.25, 0.3) is 0 Å². The first-order valence-electron chi connectivity index (χ1n) is 6.54. The highest BCUT2D eigenvalue weighted by molar-refractivity contribution is 9.10. The van der Waals surface area contributed by atoms with E-state index in [4.69, 9.17) is 9.47 Å². The highest BCUT2D eigenvalue weighted by Crippen LogP contribution is 2.23. The molecule has 0 aliphatic heterocycles. The summed E-state index contributed by atoms with van der Waals surface area (Å²) in [7, 11) is 1.54. The van der Waals surface area contributed by atoms with Crippen LogP contribution in [0.5, 0.6) is 5.88 Å². The van der Waals surface area contributed by atoms with Gasteiger partial charge in [0.15, 0.2) is 5.82 Å². The van der Waals surface area contributed by atoms with Gasteiger partial charge in [-0.25, -0.2) is 14.5 Å². The molecular formula is C14H17BrN4O3. The largest absolute Gasteiger partial charge is 0.479 e. The molecule has 2 heterocycles. The number of nitrogens with zero attached hydrogens (tertiary/aromatic N) is 3. The molecule has 0 saturated carbocycles. The standard InChI is InChI=1S/C14H17BrN4O3/c1-14(2,3)22-13(20)17-9-5-6-11(16-7-9)19-8-10(15)12(18-19)21-4/h5-8H,1-4H3,(H,17,20). The minimum absolute atomic E-state index is 0.470. The molecule has 118 valence electrons. The molecule has 0 unspecified atom stereocenters. The maximum atomic E-state index is 11.7. The van der Waals surface area contributed by atoms with E-state index in [1.165, 1.54) is 6.20 Å². The van der Waals surface area contributed by atoms with E-state index in [0.717, 1.165) is 4.47 Å². The number of rotatable bonds is 3. The Balaban J connectivity index is 2.08. The number of pyridine rings is 1. The smallest absolute Gasteiger partial charge is 0.412 e. The second-order valence-electron chi connectivity index (χ2n) is 5.46. The number of amides is 1. The van der Waals surface area contributed by atoms with Crippen LogP contribution in [0.25, 0.3) is 5.82 Å². The highest BCUT2D eigenvalue weighted by atomic mass is 79.9. The van der Waals surface area contributed by atoms with Gasteiger partial charge < -0.3 is 9.47 Å². The lowest BCUT2D eigenvalue weighted by Crippen LogP contribution is -2.27. The van der Waals surface area contributed by atoms with Crippen LogP contribution in [0.3, 0.4) is 0 Å². The molecule has 7 nitrogen and oxygen atoms in total. The quantitative estimate of drug-likeness (QED) is 0.898. The SMILES string of the molecule is COc1nn(-c2ccc(NC(=O)OC(C)(C)C)cn2)cc1Br. The van der Waals surface area contributed by atoms with Gasteiger partial charge in [-0.05, 0) is 48.8 Å². The van der Waals surface area contributed by atoms with Gasteiger partial charge in [-0.2, -0.15) is 0 Å². The van der Waals surface area contributed by atoms with E-state index in [1.807, 2.05) is 0 Å². The van der Waals surface area contributed by atoms with Gasteiger partial charge in [-0.3, -0.25) is 5.32 Å². The molecule has 0 saturated heterocycles. The summed E-state index contributed by atoms with van der Waals surface area (Å²) < 4.78 is 12.6. The van der Waals surface area contributed by atoms with Crippen LogP contribution in [-0.4, -0.2) is 33.6 Å². The fraction of sp³-hybridized carbons (Fsp3) is 0.357. The van der Waals surface area contributed by atoms with Crippen LogP contribution in [0.15, 0.2) is 29.0 Å². The third kappa shape index (κ3) is 4.20. The van der Waals surface area contributed by atoms with E-state index < -0.39 is 11.7 Å². The molecule has 0 aromatic carbocycles. The van der Waals surface area contributed by atoms with Crippen LogP contribution in [0.2, 0.25) is 0 Å². The number of methoxy groups -OCH3 is 1. The molecule has 0 fully saturated rings. The van der Waals surface area contributed by atoms with Crippen LogP contribution >= 0.6 is 15.9 Å². The zero-order valence-corrected chi connectivity index (χ0v) is 14.3. The van der Waals surface area contributed by atoms with E-state index in [0.29, 0.717) is 17.4 Å². The van der Waals surface area contributed by atoms with Crippen molar-refractivity contribution in [3.8, 4) is 11.7 Å². The fourth-order valence-electron chi connectivity index (χ4n) is 1.61. The molecular weight excluding hydrogens is 352 g/mol. The average Bonchev–Trinajstić information content (AvgIpc) is 2.78. The van der Waals surface area contributed by atoms with Gasteiger partial charge in [0.05, 0.1) is 29.7 Å². The lowest BCUT2D eigenvalue weighted by molar-refractivity contribution is 0.0636. The van der Waals surface area contributed by atoms with Gasteiger partial charge in [0.1, 0.15) is 5.60 Å². The molecule has 0 aliphatic carbocycles. The molecule has 2 aromatic rings. The number of aromatic nitrogens is 3. The second kappa shape index (κ2) is 6.35. The maximum absolute atomic E-state index is 11.7. The molecule has 0 bridgehead atoms. The van der Waals surface area contributed by atoms with Gasteiger partial charge in [-0.1, -0.05) is 0 Å². The molecule has 2 aromatic heterocycles. The van der Waals surface area contributed by atoms with Gasteiger partial charge in [-0.15, -0.1) is 5.10 Å². The van der Waals surface area contributed by atoms with Crippen molar-refractivity contribution in [3.63, 3.8) is 0 Å². The fourth-order valence-corrected chi connectivity index (χ4v) is 2.04. The molecule has 8 heteroatoms. The van der Waals surface area contributed by atoms with E-state index in [2.05, 4.69) is 31.3 Å². The number of carbonyl (C=O) groups is 1. The van der Waals surface area contributed by atoms with Gasteiger partial charge in [0.2, 0.25) is 5.88 Å². The number of carbonyl (C=O) groups excluding carboxylic acids is 1. The van der Waals surface area contributed by atoms with Crippen LogP contribution in [0, 0.1) is 0 Å². The van der Waals surface area contributed by atoms with Crippen molar-refractivity contribution in [2.24, 2.45) is 0 Å². The maximum Gasteiger partial charge on any atom is 0.412 e. The summed E-state index contributed by atoms with van der Waals surface area (Å²) in [5.41, 5.74) is -0.00815. The number of hydrogen-bond donors (Lipinski definition) is 1. The number of nitrogens with one attached hydrogen (secondary N) is 1. The van der Waals surface area contributed by atoms with Crippen LogP contribution in [0.1, 0.15) is 20.8 Å². The Morgan fingerprint density at radius 2 is 2.09 bits per heavy atom. The Hall–Kier alpha value is -2.09. The summed E-state index contributed by atoms with van der Waals surface area (Å²) in [4.78, 5) is 15.9. The van der Waals surface area contributed by atoms with Crippen LogP contribution in [0.4, 0.5) is 10.5 Å². The zero-order chi connectivity index (χ0) is 16.3. The predicted molar refractivity (Wildman–Crippen MR) is 85.5 cm³/mol. The normalized spacial score (nSPS) is 11.1. The molecule has 0 radical (unpaired) electrons. The highest BCUT2D eigenvalue weighted by Gasteiger charge is 2.16. The average molecular weight is 369 g/mol. The Morgan fingerprint density at radius 1 is 1.36 bits per heavy atom. The minimum atomic E-state index is -0.546. The lowest BCUT2D eigenvalue weighted by atomic mass is 10.2. The Bertz CT molecular complexity index is 662. The summed E-state index contributed by atoms with van der Waals surface area (Å²) in [6.45, 7) is 5.41. The van der Waals surface area contributed by atoms with Crippen LogP contribution < -0.4 is 10.1 Å². The van der Waals surface area contributed by atoms with Gasteiger partial charge >= 0.3 is 6.09 Å². The van der Waals surface area contributed by atoms with Crippen molar-refractivity contribution in [2.75, 3.05) is 12.4 Å². The first kappa shape index (κ1) is 16.3. The monoisotopic (exact) mass is 368 g/mol. The third-order valence-electron chi connectivity index (χ3n) is 2.46. The predicted octanol–water partition coefficient (Wildman–Crippen LogP) is 3.39. The Kier molecular flexibility index (Phi) is 4.70. The van der Waals surface area contributed by atoms with E-state index in [9.17, 15) is 4.79 Å². The van der Waals surface area contributed by atoms with Crippen molar-refractivity contribution in [2.45, 2.75) is 26.4 Å². The summed E-state index contributed by atoms with van der Waals surface area (Å²) in [5.74, 6) is 1.07. The topological polar surface area (TPSA) is 78.3 Å². The van der Waals surface area contributed by atoms with Crippen molar-refractivity contribution < 1.29 is 14.3 Å². The van der Waals surface area contributed by atoms with E-state index in [1.54, 1.807) is 50.9 Å². The number of halogens is 1. The zero-order valence-electron chi connectivity index (χ0n) is 12.8. The number of hydrogen-bond acceptors (Lipinski definition) is 5. The van der Waals surface area contributed by atoms with Gasteiger partial charge in [0, 0.05) is 0 Å². The van der Waals surface area contributed by atoms with Crippen molar-refractivity contribution in [1.82, 2.24) is 14.8 Å². The molecule has 1 N–H and O–H groups in total. The van der Waals surface area contributed by atoms with Crippen molar-refractivity contribution in [3.05, 3.63) is 29.0 Å². The Labute approximate surface area is 136 Å². The number of ether oxygens (including phenoxy) is 2. The lowest BCUT2D eigenvalue weighted by Gasteiger charge is -2.19. The molecule has 22 heavy (non-hydrogen) atoms. The Morgan fingerprint density at radius 3 is 2.59 bits per heavy atom. The first-order chi connectivity index (χ1) is 10.3. The molecule has 2 rings (SSSR count).